The zero-order valence-corrected chi connectivity index (χ0v) is 11.7. The number of ether oxygens (including phenoxy) is 2. The highest BCUT2D eigenvalue weighted by atomic mass is 16.5. The van der Waals surface area contributed by atoms with Crippen LogP contribution in [0.1, 0.15) is 37.4 Å². The fourth-order valence-electron chi connectivity index (χ4n) is 2.65. The molecule has 0 unspecified atom stereocenters. The summed E-state index contributed by atoms with van der Waals surface area (Å²) in [7, 11) is 3.38. The number of methoxy groups -OCH3 is 2. The van der Waals surface area contributed by atoms with Crippen LogP contribution < -0.4 is 14.8 Å². The average Bonchev–Trinajstić information content (AvgIpc) is 2.37. The van der Waals surface area contributed by atoms with Crippen LogP contribution in [0.5, 0.6) is 11.5 Å². The number of nitrogens with one attached hydrogen (secondary N) is 1. The van der Waals surface area contributed by atoms with Gasteiger partial charge in [-0.2, -0.15) is 0 Å². The maximum absolute atomic E-state index is 5.40. The zero-order chi connectivity index (χ0) is 13.1. The molecule has 3 nitrogen and oxygen atoms in total. The van der Waals surface area contributed by atoms with Crippen LogP contribution >= 0.6 is 0 Å². The Bertz CT molecular complexity index is 415. The first kappa shape index (κ1) is 13.2. The van der Waals surface area contributed by atoms with Gasteiger partial charge in [0.15, 0.2) is 11.5 Å². The van der Waals surface area contributed by atoms with Gasteiger partial charge in [0.2, 0.25) is 0 Å². The number of hydrogen-bond donors (Lipinski definition) is 1. The van der Waals surface area contributed by atoms with Crippen molar-refractivity contribution in [2.24, 2.45) is 5.92 Å². The van der Waals surface area contributed by atoms with Gasteiger partial charge in [0.25, 0.3) is 0 Å². The summed E-state index contributed by atoms with van der Waals surface area (Å²) in [6.45, 7) is 5.56. The Morgan fingerprint density at radius 1 is 1.22 bits per heavy atom. The lowest BCUT2D eigenvalue weighted by atomic mass is 9.89. The molecule has 100 valence electrons. The molecular weight excluding hydrogens is 226 g/mol. The summed E-state index contributed by atoms with van der Waals surface area (Å²) in [5, 5.41) is 3.60. The smallest absolute Gasteiger partial charge is 0.161 e. The molecule has 1 aliphatic rings. The minimum atomic E-state index is 0.438. The van der Waals surface area contributed by atoms with Gasteiger partial charge in [0.05, 0.1) is 14.2 Å². The molecule has 1 aliphatic heterocycles. The third-order valence-electron chi connectivity index (χ3n) is 3.51. The highest BCUT2D eigenvalue weighted by Crippen LogP contribution is 2.36. The second-order valence-electron chi connectivity index (χ2n) is 5.29. The van der Waals surface area contributed by atoms with Crippen LogP contribution in [0.2, 0.25) is 0 Å². The Hall–Kier alpha value is -1.22. The molecule has 0 amide bonds. The Labute approximate surface area is 109 Å². The molecule has 1 aromatic rings. The van der Waals surface area contributed by atoms with Crippen molar-refractivity contribution >= 4 is 0 Å². The van der Waals surface area contributed by atoms with Gasteiger partial charge in [0.1, 0.15) is 0 Å². The Morgan fingerprint density at radius 2 is 1.89 bits per heavy atom. The third-order valence-corrected chi connectivity index (χ3v) is 3.51. The van der Waals surface area contributed by atoms with Crippen molar-refractivity contribution in [3.63, 3.8) is 0 Å². The van der Waals surface area contributed by atoms with Gasteiger partial charge in [0, 0.05) is 6.04 Å². The molecule has 18 heavy (non-hydrogen) atoms. The van der Waals surface area contributed by atoms with E-state index >= 15 is 0 Å². The molecular formula is C15H23NO2. The van der Waals surface area contributed by atoms with Gasteiger partial charge in [-0.25, -0.2) is 0 Å². The third kappa shape index (κ3) is 2.61. The zero-order valence-electron chi connectivity index (χ0n) is 11.7. The first-order valence-corrected chi connectivity index (χ1v) is 6.64. The van der Waals surface area contributed by atoms with Crippen LogP contribution in [0.25, 0.3) is 0 Å². The molecule has 0 saturated carbocycles. The Kier molecular flexibility index (Phi) is 4.12. The van der Waals surface area contributed by atoms with Gasteiger partial charge < -0.3 is 14.8 Å². The summed E-state index contributed by atoms with van der Waals surface area (Å²) in [5.41, 5.74) is 2.75. The number of fused-ring (bicyclic) bond motifs is 1. The lowest BCUT2D eigenvalue weighted by molar-refractivity contribution is 0.350. The van der Waals surface area contributed by atoms with E-state index in [2.05, 4.69) is 31.3 Å². The molecule has 0 radical (unpaired) electrons. The largest absolute Gasteiger partial charge is 0.493 e. The molecule has 0 spiro atoms. The second-order valence-corrected chi connectivity index (χ2v) is 5.29. The van der Waals surface area contributed by atoms with Crippen LogP contribution in [0.3, 0.4) is 0 Å². The van der Waals surface area contributed by atoms with Gasteiger partial charge >= 0.3 is 0 Å². The maximum Gasteiger partial charge on any atom is 0.161 e. The van der Waals surface area contributed by atoms with Crippen LogP contribution in [0.4, 0.5) is 0 Å². The first-order valence-electron chi connectivity index (χ1n) is 6.64. The normalized spacial score (nSPS) is 18.6. The monoisotopic (exact) mass is 249 g/mol. The van der Waals surface area contributed by atoms with E-state index in [0.29, 0.717) is 12.0 Å². The van der Waals surface area contributed by atoms with Crippen molar-refractivity contribution in [2.75, 3.05) is 20.8 Å². The van der Waals surface area contributed by atoms with Gasteiger partial charge in [-0.05, 0) is 48.6 Å². The summed E-state index contributed by atoms with van der Waals surface area (Å²) in [6.07, 6.45) is 2.22. The Balaban J connectivity index is 2.37. The van der Waals surface area contributed by atoms with E-state index in [1.165, 1.54) is 11.1 Å². The molecule has 2 rings (SSSR count). The van der Waals surface area contributed by atoms with Crippen LogP contribution in [-0.4, -0.2) is 20.8 Å². The second kappa shape index (κ2) is 5.61. The molecule has 1 aromatic carbocycles. The molecule has 1 N–H and O–H groups in total. The minimum Gasteiger partial charge on any atom is -0.493 e. The van der Waals surface area contributed by atoms with Crippen LogP contribution in [0, 0.1) is 5.92 Å². The van der Waals surface area contributed by atoms with E-state index in [9.17, 15) is 0 Å². The van der Waals surface area contributed by atoms with Crippen molar-refractivity contribution in [3.8, 4) is 11.5 Å². The van der Waals surface area contributed by atoms with E-state index in [-0.39, 0.29) is 0 Å². The van der Waals surface area contributed by atoms with Gasteiger partial charge in [-0.1, -0.05) is 13.8 Å². The summed E-state index contributed by atoms with van der Waals surface area (Å²) in [5.74, 6) is 2.34. The lowest BCUT2D eigenvalue weighted by Gasteiger charge is -2.29. The summed E-state index contributed by atoms with van der Waals surface area (Å²) >= 11 is 0. The highest BCUT2D eigenvalue weighted by molar-refractivity contribution is 5.49. The maximum atomic E-state index is 5.40. The van der Waals surface area contributed by atoms with Crippen LogP contribution in [0.15, 0.2) is 12.1 Å². The standard InChI is InChI=1S/C15H23NO2/c1-10(2)7-13-12-9-15(18-4)14(17-3)8-11(12)5-6-16-13/h8-10,13,16H,5-7H2,1-4H3/t13-/m1/s1. The van der Waals surface area contributed by atoms with E-state index in [1.54, 1.807) is 14.2 Å². The van der Waals surface area contributed by atoms with Crippen molar-refractivity contribution in [3.05, 3.63) is 23.3 Å². The number of hydrogen-bond acceptors (Lipinski definition) is 3. The van der Waals surface area contributed by atoms with Crippen LogP contribution in [-0.2, 0) is 6.42 Å². The summed E-state index contributed by atoms with van der Waals surface area (Å²) in [4.78, 5) is 0. The molecule has 3 heteroatoms. The van der Waals surface area contributed by atoms with Crippen molar-refractivity contribution < 1.29 is 9.47 Å². The highest BCUT2D eigenvalue weighted by Gasteiger charge is 2.22. The van der Waals surface area contributed by atoms with E-state index in [4.69, 9.17) is 9.47 Å². The molecule has 1 heterocycles. The summed E-state index contributed by atoms with van der Waals surface area (Å²) in [6, 6.07) is 4.70. The summed E-state index contributed by atoms with van der Waals surface area (Å²) < 4.78 is 10.8. The minimum absolute atomic E-state index is 0.438. The molecule has 0 saturated heterocycles. The molecule has 0 bridgehead atoms. The van der Waals surface area contributed by atoms with E-state index < -0.39 is 0 Å². The SMILES string of the molecule is COc1cc2c(cc1OC)[C@@H](CC(C)C)NCC2. The van der Waals surface area contributed by atoms with E-state index in [1.807, 2.05) is 0 Å². The predicted molar refractivity (Wildman–Crippen MR) is 73.4 cm³/mol. The fourth-order valence-corrected chi connectivity index (χ4v) is 2.65. The number of rotatable bonds is 4. The lowest BCUT2D eigenvalue weighted by Crippen LogP contribution is -2.30. The predicted octanol–water partition coefficient (Wildman–Crippen LogP) is 2.94. The van der Waals surface area contributed by atoms with Gasteiger partial charge in [-0.15, -0.1) is 0 Å². The average molecular weight is 249 g/mol. The quantitative estimate of drug-likeness (QED) is 0.890. The fraction of sp³-hybridized carbons (Fsp3) is 0.600. The number of benzene rings is 1. The van der Waals surface area contributed by atoms with Crippen molar-refractivity contribution in [1.29, 1.82) is 0 Å². The van der Waals surface area contributed by atoms with Crippen molar-refractivity contribution in [1.82, 2.24) is 5.32 Å². The topological polar surface area (TPSA) is 30.5 Å². The molecule has 0 aliphatic carbocycles. The Morgan fingerprint density at radius 3 is 2.50 bits per heavy atom. The first-order chi connectivity index (χ1) is 8.65. The molecule has 0 aromatic heterocycles. The van der Waals surface area contributed by atoms with Crippen molar-refractivity contribution in [2.45, 2.75) is 32.7 Å². The molecule has 1 atom stereocenters. The molecule has 0 fully saturated rings. The van der Waals surface area contributed by atoms with Gasteiger partial charge in [-0.3, -0.25) is 0 Å². The van der Waals surface area contributed by atoms with E-state index in [0.717, 1.165) is 30.9 Å².